The molecule has 0 fully saturated rings. The van der Waals surface area contributed by atoms with Crippen molar-refractivity contribution in [1.82, 2.24) is 24.2 Å². The predicted octanol–water partition coefficient (Wildman–Crippen LogP) is 4.12. The van der Waals surface area contributed by atoms with E-state index in [2.05, 4.69) is 15.3 Å². The number of furan rings is 1. The van der Waals surface area contributed by atoms with Gasteiger partial charge in [0.2, 0.25) is 5.65 Å². The lowest BCUT2D eigenvalue weighted by Crippen LogP contribution is -2.04. The minimum Gasteiger partial charge on any atom is -0.454 e. The van der Waals surface area contributed by atoms with Crippen LogP contribution in [0.5, 0.6) is 0 Å². The van der Waals surface area contributed by atoms with Crippen LogP contribution in [-0.4, -0.2) is 24.2 Å². The molecule has 1 aromatic carbocycles. The van der Waals surface area contributed by atoms with E-state index in [-0.39, 0.29) is 0 Å². The Labute approximate surface area is 143 Å². The largest absolute Gasteiger partial charge is 0.454 e. The number of benzene rings is 1. The molecule has 0 spiro atoms. The molecule has 0 radical (unpaired) electrons. The second kappa shape index (κ2) is 4.84. The summed E-state index contributed by atoms with van der Waals surface area (Å²) in [7, 11) is 0. The summed E-state index contributed by atoms with van der Waals surface area (Å²) in [6, 6.07) is 8.55. The summed E-state index contributed by atoms with van der Waals surface area (Å²) in [4.78, 5) is 0. The number of rotatable bonds is 1. The minimum atomic E-state index is -4.40. The topological polar surface area (TPSA) is 60.6 Å². The highest BCUT2D eigenvalue weighted by Crippen LogP contribution is 2.35. The molecule has 0 saturated carbocycles. The van der Waals surface area contributed by atoms with Gasteiger partial charge in [-0.3, -0.25) is 4.40 Å². The van der Waals surface area contributed by atoms with Crippen molar-refractivity contribution in [3.05, 3.63) is 54.1 Å². The maximum absolute atomic E-state index is 12.9. The normalized spacial score (nSPS) is 12.6. The van der Waals surface area contributed by atoms with E-state index < -0.39 is 11.7 Å². The highest BCUT2D eigenvalue weighted by atomic mass is 19.4. The molecule has 4 aromatic heterocycles. The van der Waals surface area contributed by atoms with Gasteiger partial charge in [-0.15, -0.1) is 10.2 Å². The zero-order valence-electron chi connectivity index (χ0n) is 13.3. The number of hydrogen-bond donors (Lipinski definition) is 0. The Balaban J connectivity index is 1.74. The van der Waals surface area contributed by atoms with Gasteiger partial charge in [-0.25, -0.2) is 0 Å². The maximum atomic E-state index is 12.9. The van der Waals surface area contributed by atoms with E-state index in [1.807, 2.05) is 11.3 Å². The molecule has 0 aliphatic carbocycles. The second-order valence-corrected chi connectivity index (χ2v) is 5.95. The summed E-state index contributed by atoms with van der Waals surface area (Å²) in [5.41, 5.74) is 2.23. The van der Waals surface area contributed by atoms with Crippen molar-refractivity contribution in [2.75, 3.05) is 0 Å². The van der Waals surface area contributed by atoms with Crippen LogP contribution in [0.15, 0.2) is 47.1 Å². The van der Waals surface area contributed by atoms with Gasteiger partial charge in [-0.1, -0.05) is 12.1 Å². The average molecular weight is 357 g/mol. The summed E-state index contributed by atoms with van der Waals surface area (Å²) in [6.07, 6.45) is -2.90. The van der Waals surface area contributed by atoms with Crippen LogP contribution in [0.25, 0.3) is 33.6 Å². The monoisotopic (exact) mass is 357 g/mol. The molecule has 0 atom stereocenters. The van der Waals surface area contributed by atoms with Crippen LogP contribution in [0, 0.1) is 6.92 Å². The minimum absolute atomic E-state index is 0.358. The van der Waals surface area contributed by atoms with E-state index in [0.29, 0.717) is 33.9 Å². The van der Waals surface area contributed by atoms with E-state index >= 15 is 0 Å². The number of alkyl halides is 3. The number of aryl methyl sites for hydroxylation is 1. The fourth-order valence-corrected chi connectivity index (χ4v) is 3.17. The van der Waals surface area contributed by atoms with Crippen LogP contribution in [0.4, 0.5) is 13.2 Å². The third-order valence-corrected chi connectivity index (χ3v) is 4.30. The van der Waals surface area contributed by atoms with Crippen molar-refractivity contribution >= 4 is 22.3 Å². The molecule has 0 N–H and O–H groups in total. The lowest BCUT2D eigenvalue weighted by atomic mass is 10.1. The van der Waals surface area contributed by atoms with Crippen LogP contribution in [0.3, 0.4) is 0 Å². The molecule has 0 saturated heterocycles. The van der Waals surface area contributed by atoms with Crippen molar-refractivity contribution in [2.45, 2.75) is 13.1 Å². The van der Waals surface area contributed by atoms with E-state index in [0.717, 1.165) is 17.6 Å². The van der Waals surface area contributed by atoms with Crippen LogP contribution in [0.1, 0.15) is 11.4 Å². The van der Waals surface area contributed by atoms with Gasteiger partial charge in [0.05, 0.1) is 16.6 Å². The number of nitrogens with zero attached hydrogens (tertiary/aromatic N) is 5. The molecule has 130 valence electrons. The summed E-state index contributed by atoms with van der Waals surface area (Å²) in [5.74, 6) is 1.04. The SMILES string of the molecule is Cc1nn2cnnc2c2cc3oc(-c4cccc(C(F)(F)F)c4)cc3n12. The molecule has 0 unspecified atom stereocenters. The first-order valence-corrected chi connectivity index (χ1v) is 7.71. The van der Waals surface area contributed by atoms with E-state index in [4.69, 9.17) is 4.42 Å². The molecule has 0 aliphatic rings. The van der Waals surface area contributed by atoms with Gasteiger partial charge in [-0.05, 0) is 19.1 Å². The molecule has 6 nitrogen and oxygen atoms in total. The van der Waals surface area contributed by atoms with Crippen LogP contribution in [-0.2, 0) is 6.18 Å². The number of halogens is 3. The zero-order chi connectivity index (χ0) is 18.1. The van der Waals surface area contributed by atoms with Crippen molar-refractivity contribution in [1.29, 1.82) is 0 Å². The molecule has 5 rings (SSSR count). The summed E-state index contributed by atoms with van der Waals surface area (Å²) < 4.78 is 48.1. The summed E-state index contributed by atoms with van der Waals surface area (Å²) >= 11 is 0. The first-order chi connectivity index (χ1) is 12.4. The first-order valence-electron chi connectivity index (χ1n) is 7.71. The second-order valence-electron chi connectivity index (χ2n) is 5.95. The molecular weight excluding hydrogens is 347 g/mol. The summed E-state index contributed by atoms with van der Waals surface area (Å²) in [5, 5.41) is 12.3. The molecule has 4 heterocycles. The molecule has 0 amide bonds. The summed E-state index contributed by atoms with van der Waals surface area (Å²) in [6.45, 7) is 1.82. The molecule has 0 aliphatic heterocycles. The van der Waals surface area contributed by atoms with Crippen molar-refractivity contribution < 1.29 is 17.6 Å². The fourth-order valence-electron chi connectivity index (χ4n) is 3.17. The van der Waals surface area contributed by atoms with E-state index in [1.165, 1.54) is 12.4 Å². The van der Waals surface area contributed by atoms with E-state index in [1.54, 1.807) is 22.7 Å². The van der Waals surface area contributed by atoms with Gasteiger partial charge >= 0.3 is 6.18 Å². The fraction of sp³-hybridized carbons (Fsp3) is 0.118. The van der Waals surface area contributed by atoms with Crippen molar-refractivity contribution in [3.63, 3.8) is 0 Å². The highest BCUT2D eigenvalue weighted by Gasteiger charge is 2.30. The predicted molar refractivity (Wildman–Crippen MR) is 86.7 cm³/mol. The third kappa shape index (κ3) is 2.03. The Kier molecular flexibility index (Phi) is 2.78. The highest BCUT2D eigenvalue weighted by molar-refractivity contribution is 5.91. The lowest BCUT2D eigenvalue weighted by Gasteiger charge is -2.07. The third-order valence-electron chi connectivity index (χ3n) is 4.30. The Morgan fingerprint density at radius 3 is 2.73 bits per heavy atom. The molecule has 9 heteroatoms. The Morgan fingerprint density at radius 2 is 1.92 bits per heavy atom. The van der Waals surface area contributed by atoms with Gasteiger partial charge in [0.1, 0.15) is 17.9 Å². The van der Waals surface area contributed by atoms with Crippen LogP contribution < -0.4 is 0 Å². The number of hydrogen-bond acceptors (Lipinski definition) is 4. The smallest absolute Gasteiger partial charge is 0.416 e. The van der Waals surface area contributed by atoms with Gasteiger partial charge in [-0.2, -0.15) is 22.8 Å². The molecule has 5 aromatic rings. The maximum Gasteiger partial charge on any atom is 0.416 e. The number of fused-ring (bicyclic) bond motifs is 5. The van der Waals surface area contributed by atoms with Gasteiger partial charge in [0, 0.05) is 17.7 Å². The van der Waals surface area contributed by atoms with Gasteiger partial charge in [0.25, 0.3) is 0 Å². The molecule has 26 heavy (non-hydrogen) atoms. The van der Waals surface area contributed by atoms with Crippen LogP contribution >= 0.6 is 0 Å². The van der Waals surface area contributed by atoms with Crippen LogP contribution in [0.2, 0.25) is 0 Å². The van der Waals surface area contributed by atoms with Crippen molar-refractivity contribution in [3.8, 4) is 11.3 Å². The lowest BCUT2D eigenvalue weighted by molar-refractivity contribution is -0.137. The van der Waals surface area contributed by atoms with Gasteiger partial charge < -0.3 is 4.42 Å². The van der Waals surface area contributed by atoms with Gasteiger partial charge in [0.15, 0.2) is 5.58 Å². The average Bonchev–Trinajstić information content (AvgIpc) is 3.26. The van der Waals surface area contributed by atoms with E-state index in [9.17, 15) is 13.2 Å². The van der Waals surface area contributed by atoms with Crippen molar-refractivity contribution in [2.24, 2.45) is 0 Å². The Bertz CT molecular complexity index is 1290. The quantitative estimate of drug-likeness (QED) is 0.453. The number of aromatic nitrogens is 5. The molecule has 0 bridgehead atoms. The first kappa shape index (κ1) is 14.9. The molecular formula is C17H10F3N5O. The Hall–Kier alpha value is -3.36. The Morgan fingerprint density at radius 1 is 1.08 bits per heavy atom. The zero-order valence-corrected chi connectivity index (χ0v) is 13.3. The standard InChI is InChI=1S/C17H10F3N5O/c1-9-23-24-8-21-22-16(24)13-7-15-12(25(9)13)6-14(26-15)10-3-2-4-11(5-10)17(18,19)20/h2-8H,1H3.